The number of hydrogen-bond acceptors (Lipinski definition) is 5. The number of hydrogen-bond donors (Lipinski definition) is 2. The second kappa shape index (κ2) is 8.82. The first-order chi connectivity index (χ1) is 11.6. The normalized spacial score (nSPS) is 12.7. The average molecular weight is 372 g/mol. The van der Waals surface area contributed by atoms with Crippen LogP contribution in [-0.4, -0.2) is 57.0 Å². The fraction of sp³-hybridized carbons (Fsp3) is 0.500. The molecule has 140 valence electrons. The van der Waals surface area contributed by atoms with Gasteiger partial charge >= 0.3 is 5.97 Å². The summed E-state index contributed by atoms with van der Waals surface area (Å²) in [7, 11) is 0.241. The number of methoxy groups -OCH3 is 1. The van der Waals surface area contributed by atoms with Crippen molar-refractivity contribution in [2.24, 2.45) is 0 Å². The van der Waals surface area contributed by atoms with E-state index in [4.69, 9.17) is 4.74 Å². The van der Waals surface area contributed by atoms with Gasteiger partial charge in [-0.2, -0.15) is 0 Å². The van der Waals surface area contributed by atoms with Crippen LogP contribution in [0.25, 0.3) is 0 Å². The van der Waals surface area contributed by atoms with Crippen molar-refractivity contribution in [2.75, 3.05) is 21.2 Å². The average Bonchev–Trinajstić information content (AvgIpc) is 2.57. The van der Waals surface area contributed by atoms with Crippen molar-refractivity contribution in [1.82, 2.24) is 9.62 Å². The minimum absolute atomic E-state index is 0.0453. The molecule has 0 radical (unpaired) electrons. The van der Waals surface area contributed by atoms with Gasteiger partial charge in [0, 0.05) is 19.7 Å². The zero-order valence-corrected chi connectivity index (χ0v) is 15.6. The number of carbonyl (C=O) groups is 2. The zero-order valence-electron chi connectivity index (χ0n) is 14.8. The van der Waals surface area contributed by atoms with Gasteiger partial charge in [0.15, 0.2) is 0 Å². The van der Waals surface area contributed by atoms with E-state index in [1.807, 2.05) is 6.92 Å². The van der Waals surface area contributed by atoms with Crippen LogP contribution in [0.5, 0.6) is 5.75 Å². The number of carboxylic acids is 1. The fourth-order valence-electron chi connectivity index (χ4n) is 2.12. The van der Waals surface area contributed by atoms with E-state index in [2.05, 4.69) is 5.32 Å². The van der Waals surface area contributed by atoms with Crippen LogP contribution in [0.1, 0.15) is 36.5 Å². The smallest absolute Gasteiger partial charge is 0.326 e. The number of ether oxygens (including phenoxy) is 1. The molecule has 0 bridgehead atoms. The molecule has 25 heavy (non-hydrogen) atoms. The molecule has 0 saturated carbocycles. The first-order valence-electron chi connectivity index (χ1n) is 7.79. The highest BCUT2D eigenvalue weighted by Gasteiger charge is 2.25. The van der Waals surface area contributed by atoms with Gasteiger partial charge in [-0.3, -0.25) is 4.79 Å². The van der Waals surface area contributed by atoms with E-state index in [1.165, 1.54) is 39.4 Å². The molecule has 8 nitrogen and oxygen atoms in total. The summed E-state index contributed by atoms with van der Waals surface area (Å²) in [5.41, 5.74) is 0.0453. The van der Waals surface area contributed by atoms with E-state index in [0.717, 1.165) is 10.7 Å². The highest BCUT2D eigenvalue weighted by Crippen LogP contribution is 2.27. The first kappa shape index (κ1) is 20.9. The maximum absolute atomic E-state index is 12.4. The van der Waals surface area contributed by atoms with Crippen molar-refractivity contribution in [2.45, 2.75) is 37.1 Å². The highest BCUT2D eigenvalue weighted by atomic mass is 32.2. The molecule has 2 N–H and O–H groups in total. The van der Waals surface area contributed by atoms with Crippen LogP contribution < -0.4 is 10.1 Å². The van der Waals surface area contributed by atoms with Crippen molar-refractivity contribution in [1.29, 1.82) is 0 Å². The lowest BCUT2D eigenvalue weighted by Crippen LogP contribution is -2.40. The number of unbranched alkanes of at least 4 members (excludes halogenated alkanes) is 1. The van der Waals surface area contributed by atoms with Gasteiger partial charge in [-0.05, 0) is 24.6 Å². The Balaban J connectivity index is 3.17. The molecule has 0 saturated heterocycles. The summed E-state index contributed by atoms with van der Waals surface area (Å²) in [6, 6.07) is 2.92. The fourth-order valence-corrected chi connectivity index (χ4v) is 3.20. The molecule has 1 aromatic carbocycles. The molecule has 0 unspecified atom stereocenters. The van der Waals surface area contributed by atoms with Gasteiger partial charge in [0.25, 0.3) is 5.91 Å². The Kier molecular flexibility index (Phi) is 7.38. The maximum Gasteiger partial charge on any atom is 0.326 e. The van der Waals surface area contributed by atoms with Crippen LogP contribution in [0.15, 0.2) is 23.1 Å². The minimum atomic E-state index is -3.82. The number of rotatable bonds is 9. The van der Waals surface area contributed by atoms with Crippen LogP contribution in [0.4, 0.5) is 0 Å². The van der Waals surface area contributed by atoms with Gasteiger partial charge in [0.1, 0.15) is 16.7 Å². The van der Waals surface area contributed by atoms with Gasteiger partial charge in [0.05, 0.1) is 7.11 Å². The first-order valence-corrected chi connectivity index (χ1v) is 9.23. The van der Waals surface area contributed by atoms with E-state index in [9.17, 15) is 23.1 Å². The molecular formula is C16H24N2O6S. The third-order valence-corrected chi connectivity index (χ3v) is 5.47. The SMILES string of the molecule is CCCC[C@H](NC(=O)c1ccc(OC)c(S(=O)(=O)N(C)C)c1)C(=O)O. The van der Waals surface area contributed by atoms with E-state index < -0.39 is 27.9 Å². The van der Waals surface area contributed by atoms with Gasteiger partial charge in [-0.25, -0.2) is 17.5 Å². The topological polar surface area (TPSA) is 113 Å². The molecule has 0 fully saturated rings. The van der Waals surface area contributed by atoms with Crippen molar-refractivity contribution in [3.63, 3.8) is 0 Å². The van der Waals surface area contributed by atoms with Gasteiger partial charge in [-0.1, -0.05) is 19.8 Å². The lowest BCUT2D eigenvalue weighted by Gasteiger charge is -2.17. The summed E-state index contributed by atoms with van der Waals surface area (Å²) < 4.78 is 30.8. The molecular weight excluding hydrogens is 348 g/mol. The van der Waals surface area contributed by atoms with E-state index in [0.29, 0.717) is 12.8 Å². The Bertz CT molecular complexity index is 730. The zero-order chi connectivity index (χ0) is 19.2. The number of carbonyl (C=O) groups excluding carboxylic acids is 1. The standard InChI is InChI=1S/C16H24N2O6S/c1-5-6-7-12(16(20)21)17-15(19)11-8-9-13(24-4)14(10-11)25(22,23)18(2)3/h8-10,12H,5-7H2,1-4H3,(H,17,19)(H,20,21)/t12-/m0/s1. The molecule has 1 rings (SSSR count). The number of benzene rings is 1. The number of nitrogens with one attached hydrogen (secondary N) is 1. The summed E-state index contributed by atoms with van der Waals surface area (Å²) in [4.78, 5) is 23.4. The number of sulfonamides is 1. The molecule has 0 aliphatic heterocycles. The molecule has 0 aliphatic carbocycles. The van der Waals surface area contributed by atoms with Crippen LogP contribution in [0.2, 0.25) is 0 Å². The van der Waals surface area contributed by atoms with Crippen molar-refractivity contribution in [3.8, 4) is 5.75 Å². The molecule has 1 atom stereocenters. The van der Waals surface area contributed by atoms with Crippen LogP contribution in [-0.2, 0) is 14.8 Å². The molecule has 1 amide bonds. The Labute approximate surface area is 147 Å². The second-order valence-corrected chi connectivity index (χ2v) is 7.78. The third-order valence-electron chi connectivity index (χ3n) is 3.63. The lowest BCUT2D eigenvalue weighted by molar-refractivity contribution is -0.139. The Morgan fingerprint density at radius 3 is 2.44 bits per heavy atom. The quantitative estimate of drug-likeness (QED) is 0.676. The van der Waals surface area contributed by atoms with Crippen molar-refractivity contribution in [3.05, 3.63) is 23.8 Å². The van der Waals surface area contributed by atoms with Crippen LogP contribution >= 0.6 is 0 Å². The lowest BCUT2D eigenvalue weighted by atomic mass is 10.1. The molecule has 0 spiro atoms. The van der Waals surface area contributed by atoms with Crippen LogP contribution in [0, 0.1) is 0 Å². The third kappa shape index (κ3) is 5.17. The van der Waals surface area contributed by atoms with Crippen LogP contribution in [0.3, 0.4) is 0 Å². The summed E-state index contributed by atoms with van der Waals surface area (Å²) in [5.74, 6) is -1.68. The minimum Gasteiger partial charge on any atom is -0.495 e. The van der Waals surface area contributed by atoms with Gasteiger partial charge in [-0.15, -0.1) is 0 Å². The van der Waals surface area contributed by atoms with Gasteiger partial charge in [0.2, 0.25) is 10.0 Å². The molecule has 0 aromatic heterocycles. The Morgan fingerprint density at radius 1 is 1.32 bits per heavy atom. The van der Waals surface area contributed by atoms with Crippen molar-refractivity contribution >= 4 is 21.9 Å². The number of amides is 1. The highest BCUT2D eigenvalue weighted by molar-refractivity contribution is 7.89. The van der Waals surface area contributed by atoms with E-state index >= 15 is 0 Å². The van der Waals surface area contributed by atoms with Crippen molar-refractivity contribution < 1.29 is 27.9 Å². The number of carboxylic acid groups (broad SMARTS) is 1. The van der Waals surface area contributed by atoms with E-state index in [-0.39, 0.29) is 16.2 Å². The summed E-state index contributed by atoms with van der Waals surface area (Å²) in [5, 5.41) is 11.6. The molecule has 0 heterocycles. The maximum atomic E-state index is 12.4. The van der Waals surface area contributed by atoms with E-state index in [1.54, 1.807) is 0 Å². The summed E-state index contributed by atoms with van der Waals surface area (Å²) in [6.07, 6.45) is 1.75. The number of aliphatic carboxylic acids is 1. The monoisotopic (exact) mass is 372 g/mol. The molecule has 1 aromatic rings. The summed E-state index contributed by atoms with van der Waals surface area (Å²) >= 11 is 0. The van der Waals surface area contributed by atoms with Gasteiger partial charge < -0.3 is 15.2 Å². The second-order valence-electron chi connectivity index (χ2n) is 5.66. The summed E-state index contributed by atoms with van der Waals surface area (Å²) in [6.45, 7) is 1.92. The molecule has 0 aliphatic rings. The number of nitrogens with zero attached hydrogens (tertiary/aromatic N) is 1. The predicted octanol–water partition coefficient (Wildman–Crippen LogP) is 1.32. The Hall–Kier alpha value is -2.13. The predicted molar refractivity (Wildman–Crippen MR) is 92.3 cm³/mol. The largest absolute Gasteiger partial charge is 0.495 e. The molecule has 9 heteroatoms. The Morgan fingerprint density at radius 2 is 1.96 bits per heavy atom.